The fourth-order valence-corrected chi connectivity index (χ4v) is 3.78. The Morgan fingerprint density at radius 2 is 1.96 bits per heavy atom. The van der Waals surface area contributed by atoms with E-state index >= 15 is 0 Å². The van der Waals surface area contributed by atoms with Gasteiger partial charge in [0.05, 0.1) is 17.3 Å². The minimum atomic E-state index is 0.704. The summed E-state index contributed by atoms with van der Waals surface area (Å²) in [5.74, 6) is 1.59. The second kappa shape index (κ2) is 6.11. The molecule has 5 rings (SSSR count). The molecule has 1 aliphatic heterocycles. The zero-order valence-electron chi connectivity index (χ0n) is 14.2. The van der Waals surface area contributed by atoms with Crippen LogP contribution in [0.1, 0.15) is 19.3 Å². The van der Waals surface area contributed by atoms with E-state index in [0.717, 1.165) is 35.1 Å². The molecule has 128 valence electrons. The van der Waals surface area contributed by atoms with Crippen molar-refractivity contribution in [3.63, 3.8) is 0 Å². The van der Waals surface area contributed by atoms with Crippen molar-refractivity contribution in [3.05, 3.63) is 42.9 Å². The molecule has 6 heteroatoms. The number of nitrogens with one attached hydrogen (secondary N) is 1. The van der Waals surface area contributed by atoms with Crippen LogP contribution in [0.3, 0.4) is 0 Å². The van der Waals surface area contributed by atoms with Crippen molar-refractivity contribution in [2.24, 2.45) is 5.92 Å². The van der Waals surface area contributed by atoms with E-state index in [4.69, 9.17) is 0 Å². The van der Waals surface area contributed by atoms with Gasteiger partial charge in [0.2, 0.25) is 0 Å². The molecule has 3 heterocycles. The molecule has 1 saturated heterocycles. The number of likely N-dealkylation sites (tertiary alicyclic amines) is 1. The van der Waals surface area contributed by atoms with Crippen molar-refractivity contribution in [3.8, 4) is 5.69 Å². The fraction of sp³-hybridized carbons (Fsp3) is 0.421. The standard InChI is InChI=1S/C19H22N6/c1-2-4-16(5-3-1)25-19-17(11-23-25)18(21-13-22-19)20-10-14-8-9-24(12-14)15-6-7-15/h1-5,11,13-15H,6-10,12H2,(H,20,21,22). The van der Waals surface area contributed by atoms with Crippen LogP contribution in [0.4, 0.5) is 5.82 Å². The van der Waals surface area contributed by atoms with E-state index in [2.05, 4.69) is 25.3 Å². The maximum absolute atomic E-state index is 4.52. The van der Waals surface area contributed by atoms with Crippen molar-refractivity contribution in [1.82, 2.24) is 24.6 Å². The van der Waals surface area contributed by atoms with Crippen molar-refractivity contribution in [1.29, 1.82) is 0 Å². The molecule has 1 saturated carbocycles. The third kappa shape index (κ3) is 2.87. The first kappa shape index (κ1) is 14.8. The van der Waals surface area contributed by atoms with Gasteiger partial charge in [-0.05, 0) is 43.9 Å². The summed E-state index contributed by atoms with van der Waals surface area (Å²) < 4.78 is 1.87. The topological polar surface area (TPSA) is 58.9 Å². The van der Waals surface area contributed by atoms with Crippen LogP contribution in [0, 0.1) is 5.92 Å². The van der Waals surface area contributed by atoms with Gasteiger partial charge in [-0.2, -0.15) is 5.10 Å². The summed E-state index contributed by atoms with van der Waals surface area (Å²) in [6, 6.07) is 11.0. The summed E-state index contributed by atoms with van der Waals surface area (Å²) in [4.78, 5) is 11.5. The lowest BCUT2D eigenvalue weighted by Crippen LogP contribution is -2.25. The molecule has 1 atom stereocenters. The number of hydrogen-bond acceptors (Lipinski definition) is 5. The Bertz CT molecular complexity index is 870. The van der Waals surface area contributed by atoms with Gasteiger partial charge in [-0.3, -0.25) is 0 Å². The van der Waals surface area contributed by atoms with Gasteiger partial charge in [0.25, 0.3) is 0 Å². The predicted octanol–water partition coefficient (Wildman–Crippen LogP) is 2.71. The van der Waals surface area contributed by atoms with Crippen molar-refractivity contribution < 1.29 is 0 Å². The lowest BCUT2D eigenvalue weighted by molar-refractivity contribution is 0.316. The van der Waals surface area contributed by atoms with Gasteiger partial charge in [-0.15, -0.1) is 0 Å². The molecular formula is C19H22N6. The molecule has 1 aromatic carbocycles. The van der Waals surface area contributed by atoms with Crippen LogP contribution >= 0.6 is 0 Å². The Kier molecular flexibility index (Phi) is 3.63. The van der Waals surface area contributed by atoms with Crippen molar-refractivity contribution >= 4 is 16.9 Å². The van der Waals surface area contributed by atoms with Gasteiger partial charge < -0.3 is 10.2 Å². The smallest absolute Gasteiger partial charge is 0.168 e. The van der Waals surface area contributed by atoms with Crippen LogP contribution in [-0.2, 0) is 0 Å². The largest absolute Gasteiger partial charge is 0.369 e. The summed E-state index contributed by atoms with van der Waals surface area (Å²) in [5, 5.41) is 9.03. The minimum absolute atomic E-state index is 0.704. The van der Waals surface area contributed by atoms with Crippen LogP contribution in [0.5, 0.6) is 0 Å². The highest BCUT2D eigenvalue weighted by Crippen LogP contribution is 2.32. The van der Waals surface area contributed by atoms with Gasteiger partial charge in [0.15, 0.2) is 5.65 Å². The van der Waals surface area contributed by atoms with Crippen LogP contribution < -0.4 is 5.32 Å². The fourth-order valence-electron chi connectivity index (χ4n) is 3.78. The van der Waals surface area contributed by atoms with Gasteiger partial charge in [0.1, 0.15) is 12.1 Å². The summed E-state index contributed by atoms with van der Waals surface area (Å²) >= 11 is 0. The maximum atomic E-state index is 4.52. The number of anilines is 1. The molecule has 2 aliphatic rings. The van der Waals surface area contributed by atoms with E-state index in [1.165, 1.54) is 32.4 Å². The summed E-state index contributed by atoms with van der Waals surface area (Å²) in [5.41, 5.74) is 1.85. The monoisotopic (exact) mass is 334 g/mol. The van der Waals surface area contributed by atoms with Gasteiger partial charge in [-0.1, -0.05) is 18.2 Å². The van der Waals surface area contributed by atoms with E-state index in [9.17, 15) is 0 Å². The molecule has 2 fully saturated rings. The molecule has 1 aliphatic carbocycles. The zero-order valence-corrected chi connectivity index (χ0v) is 14.2. The SMILES string of the molecule is c1ccc(-n2ncc3c(NCC4CCN(C5CC5)C4)ncnc32)cc1. The quantitative estimate of drug-likeness (QED) is 0.777. The van der Waals surface area contributed by atoms with Crippen molar-refractivity contribution in [2.75, 3.05) is 25.0 Å². The lowest BCUT2D eigenvalue weighted by atomic mass is 10.1. The van der Waals surface area contributed by atoms with Gasteiger partial charge in [0, 0.05) is 19.1 Å². The van der Waals surface area contributed by atoms with E-state index in [-0.39, 0.29) is 0 Å². The third-order valence-corrected chi connectivity index (χ3v) is 5.31. The van der Waals surface area contributed by atoms with E-state index < -0.39 is 0 Å². The number of para-hydroxylation sites is 1. The number of benzene rings is 1. The molecule has 3 aromatic rings. The Labute approximate surface area is 146 Å². The first-order valence-electron chi connectivity index (χ1n) is 9.10. The van der Waals surface area contributed by atoms with E-state index in [1.54, 1.807) is 6.33 Å². The number of aromatic nitrogens is 4. The summed E-state index contributed by atoms with van der Waals surface area (Å²) in [6.45, 7) is 3.43. The first-order valence-corrected chi connectivity index (χ1v) is 9.10. The highest BCUT2D eigenvalue weighted by Gasteiger charge is 2.34. The lowest BCUT2D eigenvalue weighted by Gasteiger charge is -2.15. The second-order valence-corrected chi connectivity index (χ2v) is 7.11. The molecule has 0 spiro atoms. The number of fused-ring (bicyclic) bond motifs is 1. The van der Waals surface area contributed by atoms with Crippen LogP contribution in [0.2, 0.25) is 0 Å². The molecule has 1 unspecified atom stereocenters. The molecular weight excluding hydrogens is 312 g/mol. The zero-order chi connectivity index (χ0) is 16.6. The van der Waals surface area contributed by atoms with Gasteiger partial charge in [-0.25, -0.2) is 14.6 Å². The molecule has 0 bridgehead atoms. The number of nitrogens with zero attached hydrogens (tertiary/aromatic N) is 5. The van der Waals surface area contributed by atoms with Crippen LogP contribution in [0.15, 0.2) is 42.9 Å². The average molecular weight is 334 g/mol. The van der Waals surface area contributed by atoms with Crippen LogP contribution in [0.25, 0.3) is 16.7 Å². The Hall–Kier alpha value is -2.47. The number of rotatable bonds is 5. The highest BCUT2D eigenvalue weighted by molar-refractivity contribution is 5.87. The number of hydrogen-bond donors (Lipinski definition) is 1. The Balaban J connectivity index is 1.34. The normalized spacial score (nSPS) is 21.0. The Morgan fingerprint density at radius 1 is 1.08 bits per heavy atom. The minimum Gasteiger partial charge on any atom is -0.369 e. The van der Waals surface area contributed by atoms with Crippen molar-refractivity contribution in [2.45, 2.75) is 25.3 Å². The molecule has 0 amide bonds. The summed E-state index contributed by atoms with van der Waals surface area (Å²) in [6.07, 6.45) is 7.55. The molecule has 25 heavy (non-hydrogen) atoms. The predicted molar refractivity (Wildman–Crippen MR) is 97.9 cm³/mol. The average Bonchev–Trinajstić information content (AvgIpc) is 3.24. The first-order chi connectivity index (χ1) is 12.4. The second-order valence-electron chi connectivity index (χ2n) is 7.11. The van der Waals surface area contributed by atoms with Gasteiger partial charge >= 0.3 is 0 Å². The maximum Gasteiger partial charge on any atom is 0.168 e. The van der Waals surface area contributed by atoms with E-state index in [0.29, 0.717) is 5.92 Å². The molecule has 0 radical (unpaired) electrons. The molecule has 2 aromatic heterocycles. The summed E-state index contributed by atoms with van der Waals surface area (Å²) in [7, 11) is 0. The molecule has 6 nitrogen and oxygen atoms in total. The Morgan fingerprint density at radius 3 is 2.80 bits per heavy atom. The van der Waals surface area contributed by atoms with E-state index in [1.807, 2.05) is 41.2 Å². The third-order valence-electron chi connectivity index (χ3n) is 5.31. The van der Waals surface area contributed by atoms with Crippen LogP contribution in [-0.4, -0.2) is 50.3 Å². The molecule has 1 N–H and O–H groups in total. The highest BCUT2D eigenvalue weighted by atomic mass is 15.3.